The van der Waals surface area contributed by atoms with Gasteiger partial charge in [0.2, 0.25) is 0 Å². The number of hydrogen-bond acceptors (Lipinski definition) is 5. The van der Waals surface area contributed by atoms with Gasteiger partial charge in [0, 0.05) is 43.9 Å². The number of piperazine rings is 1. The standard InChI is InChI=1S/C18H30N2O3/c1-18(2,3)14-11-16(22-4)13(10-17(14)23-5)15(21)12-20-8-6-19-7-9-20/h10-11,15,19,21H,6-9,12H2,1-5H3. The average Bonchev–Trinajstić information content (AvgIpc) is 2.53. The molecule has 1 aromatic rings. The monoisotopic (exact) mass is 322 g/mol. The minimum atomic E-state index is -0.592. The predicted molar refractivity (Wildman–Crippen MR) is 92.5 cm³/mol. The van der Waals surface area contributed by atoms with Crippen LogP contribution in [0.2, 0.25) is 0 Å². The smallest absolute Gasteiger partial charge is 0.125 e. The summed E-state index contributed by atoms with van der Waals surface area (Å²) < 4.78 is 11.1. The summed E-state index contributed by atoms with van der Waals surface area (Å²) in [4.78, 5) is 2.27. The molecule has 1 aliphatic rings. The molecule has 2 N–H and O–H groups in total. The lowest BCUT2D eigenvalue weighted by atomic mass is 9.85. The van der Waals surface area contributed by atoms with Crippen molar-refractivity contribution >= 4 is 0 Å². The van der Waals surface area contributed by atoms with Crippen molar-refractivity contribution in [1.82, 2.24) is 10.2 Å². The number of aliphatic hydroxyl groups excluding tert-OH is 1. The summed E-state index contributed by atoms with van der Waals surface area (Å²) >= 11 is 0. The second kappa shape index (κ2) is 7.51. The van der Waals surface area contributed by atoms with E-state index in [9.17, 15) is 5.11 Å². The third kappa shape index (κ3) is 4.37. The van der Waals surface area contributed by atoms with Gasteiger partial charge >= 0.3 is 0 Å². The van der Waals surface area contributed by atoms with E-state index in [-0.39, 0.29) is 5.41 Å². The fourth-order valence-electron chi connectivity index (χ4n) is 3.00. The summed E-state index contributed by atoms with van der Waals surface area (Å²) in [7, 11) is 3.32. The Labute approximate surface area is 139 Å². The molecule has 0 aliphatic carbocycles. The summed E-state index contributed by atoms with van der Waals surface area (Å²) in [5.41, 5.74) is 1.81. The molecule has 23 heavy (non-hydrogen) atoms. The van der Waals surface area contributed by atoms with Crippen molar-refractivity contribution in [1.29, 1.82) is 0 Å². The molecule has 1 aromatic carbocycles. The van der Waals surface area contributed by atoms with Gasteiger partial charge in [-0.2, -0.15) is 0 Å². The van der Waals surface area contributed by atoms with Crippen molar-refractivity contribution in [2.45, 2.75) is 32.3 Å². The minimum absolute atomic E-state index is 0.0549. The van der Waals surface area contributed by atoms with E-state index in [0.29, 0.717) is 6.54 Å². The SMILES string of the molecule is COc1cc(C(C)(C)C)c(OC)cc1C(O)CN1CCNCC1. The van der Waals surface area contributed by atoms with Crippen molar-refractivity contribution in [2.75, 3.05) is 46.9 Å². The number of hydrogen-bond donors (Lipinski definition) is 2. The van der Waals surface area contributed by atoms with Crippen LogP contribution in [0.3, 0.4) is 0 Å². The molecule has 1 unspecified atom stereocenters. The Hall–Kier alpha value is -1.30. The van der Waals surface area contributed by atoms with Crippen molar-refractivity contribution < 1.29 is 14.6 Å². The molecule has 2 rings (SSSR count). The van der Waals surface area contributed by atoms with E-state index in [1.165, 1.54) is 0 Å². The number of benzene rings is 1. The molecule has 0 aromatic heterocycles. The Balaban J connectivity index is 2.29. The zero-order valence-corrected chi connectivity index (χ0v) is 15.0. The maximum Gasteiger partial charge on any atom is 0.125 e. The van der Waals surface area contributed by atoms with E-state index in [1.807, 2.05) is 12.1 Å². The molecular formula is C18H30N2O3. The highest BCUT2D eigenvalue weighted by Gasteiger charge is 2.25. The summed E-state index contributed by atoms with van der Waals surface area (Å²) in [5.74, 6) is 1.52. The van der Waals surface area contributed by atoms with Gasteiger partial charge < -0.3 is 19.9 Å². The highest BCUT2D eigenvalue weighted by Crippen LogP contribution is 2.39. The van der Waals surface area contributed by atoms with Gasteiger partial charge in [0.1, 0.15) is 11.5 Å². The van der Waals surface area contributed by atoms with E-state index in [0.717, 1.165) is 48.8 Å². The number of β-amino-alcohol motifs (C(OH)–C–C–N with tert-alkyl or cyclic N) is 1. The van der Waals surface area contributed by atoms with E-state index >= 15 is 0 Å². The molecule has 130 valence electrons. The Morgan fingerprint density at radius 2 is 1.74 bits per heavy atom. The van der Waals surface area contributed by atoms with Gasteiger partial charge in [0.25, 0.3) is 0 Å². The first-order chi connectivity index (χ1) is 10.9. The summed E-state index contributed by atoms with van der Waals surface area (Å²) in [6.45, 7) is 10.9. The molecule has 1 aliphatic heterocycles. The van der Waals surface area contributed by atoms with Gasteiger partial charge in [-0.3, -0.25) is 4.90 Å². The van der Waals surface area contributed by atoms with Crippen molar-refractivity contribution in [3.63, 3.8) is 0 Å². The first-order valence-corrected chi connectivity index (χ1v) is 8.24. The summed E-state index contributed by atoms with van der Waals surface area (Å²) in [6.07, 6.45) is -0.592. The normalized spacial score (nSPS) is 17.8. The Morgan fingerprint density at radius 3 is 2.26 bits per heavy atom. The van der Waals surface area contributed by atoms with E-state index in [4.69, 9.17) is 9.47 Å². The number of rotatable bonds is 5. The van der Waals surface area contributed by atoms with E-state index in [2.05, 4.69) is 31.0 Å². The van der Waals surface area contributed by atoms with Gasteiger partial charge in [0.05, 0.1) is 20.3 Å². The van der Waals surface area contributed by atoms with Crippen molar-refractivity contribution in [3.8, 4) is 11.5 Å². The van der Waals surface area contributed by atoms with Crippen LogP contribution in [0.5, 0.6) is 11.5 Å². The fourth-order valence-corrected chi connectivity index (χ4v) is 3.00. The largest absolute Gasteiger partial charge is 0.496 e. The second-order valence-corrected chi connectivity index (χ2v) is 7.11. The zero-order valence-electron chi connectivity index (χ0n) is 15.0. The van der Waals surface area contributed by atoms with Crippen LogP contribution in [0, 0.1) is 0 Å². The van der Waals surface area contributed by atoms with Crippen LogP contribution < -0.4 is 14.8 Å². The summed E-state index contributed by atoms with van der Waals surface area (Å²) in [6, 6.07) is 3.92. The van der Waals surface area contributed by atoms with Crippen LogP contribution in [0.25, 0.3) is 0 Å². The molecule has 0 spiro atoms. The average molecular weight is 322 g/mol. The molecule has 0 radical (unpaired) electrons. The Morgan fingerprint density at radius 1 is 1.13 bits per heavy atom. The lowest BCUT2D eigenvalue weighted by Gasteiger charge is -2.30. The molecule has 0 amide bonds. The van der Waals surface area contributed by atoms with Crippen molar-refractivity contribution in [2.24, 2.45) is 0 Å². The first kappa shape index (κ1) is 18.0. The molecule has 1 saturated heterocycles. The van der Waals surface area contributed by atoms with Crippen LogP contribution in [-0.2, 0) is 5.41 Å². The van der Waals surface area contributed by atoms with E-state index in [1.54, 1.807) is 14.2 Å². The Bertz CT molecular complexity index is 520. The van der Waals surface area contributed by atoms with Gasteiger partial charge in [0.15, 0.2) is 0 Å². The fraction of sp³-hybridized carbons (Fsp3) is 0.667. The van der Waals surface area contributed by atoms with Crippen molar-refractivity contribution in [3.05, 3.63) is 23.3 Å². The van der Waals surface area contributed by atoms with Crippen LogP contribution in [-0.4, -0.2) is 56.9 Å². The zero-order chi connectivity index (χ0) is 17.0. The molecule has 5 heteroatoms. The number of ether oxygens (including phenoxy) is 2. The van der Waals surface area contributed by atoms with Crippen LogP contribution in [0.15, 0.2) is 12.1 Å². The van der Waals surface area contributed by atoms with E-state index < -0.39 is 6.10 Å². The highest BCUT2D eigenvalue weighted by atomic mass is 16.5. The van der Waals surface area contributed by atoms with Gasteiger partial charge in [-0.25, -0.2) is 0 Å². The van der Waals surface area contributed by atoms with Crippen LogP contribution >= 0.6 is 0 Å². The maximum atomic E-state index is 10.7. The number of nitrogens with zero attached hydrogens (tertiary/aromatic N) is 1. The lowest BCUT2D eigenvalue weighted by molar-refractivity contribution is 0.103. The minimum Gasteiger partial charge on any atom is -0.496 e. The molecule has 1 heterocycles. The first-order valence-electron chi connectivity index (χ1n) is 8.24. The third-order valence-corrected chi connectivity index (χ3v) is 4.36. The topological polar surface area (TPSA) is 54.0 Å². The molecule has 0 saturated carbocycles. The molecule has 5 nitrogen and oxygen atoms in total. The quantitative estimate of drug-likeness (QED) is 0.868. The Kier molecular flexibility index (Phi) is 5.89. The second-order valence-electron chi connectivity index (χ2n) is 7.11. The molecular weight excluding hydrogens is 292 g/mol. The van der Waals surface area contributed by atoms with Gasteiger partial charge in [-0.15, -0.1) is 0 Å². The predicted octanol–water partition coefficient (Wildman–Crippen LogP) is 1.94. The van der Waals surface area contributed by atoms with Gasteiger partial charge in [-0.05, 0) is 17.5 Å². The van der Waals surface area contributed by atoms with Gasteiger partial charge in [-0.1, -0.05) is 20.8 Å². The number of nitrogens with one attached hydrogen (secondary N) is 1. The number of aliphatic hydroxyl groups is 1. The molecule has 1 fully saturated rings. The molecule has 1 atom stereocenters. The van der Waals surface area contributed by atoms with Crippen LogP contribution in [0.4, 0.5) is 0 Å². The van der Waals surface area contributed by atoms with Crippen LogP contribution in [0.1, 0.15) is 38.0 Å². The summed E-state index contributed by atoms with van der Waals surface area (Å²) in [5, 5.41) is 14.0. The molecule has 0 bridgehead atoms. The maximum absolute atomic E-state index is 10.7. The third-order valence-electron chi connectivity index (χ3n) is 4.36. The highest BCUT2D eigenvalue weighted by molar-refractivity contribution is 5.50. The lowest BCUT2D eigenvalue weighted by Crippen LogP contribution is -2.45. The number of methoxy groups -OCH3 is 2.